The average Bonchev–Trinajstić information content (AvgIpc) is 3.10. The van der Waals surface area contributed by atoms with E-state index in [4.69, 9.17) is 10.3 Å². The molecule has 2 fully saturated rings. The van der Waals surface area contributed by atoms with Gasteiger partial charge in [-0.15, -0.1) is 0 Å². The molecule has 0 aromatic carbocycles. The maximum atomic E-state index is 6.00. The Labute approximate surface area is 112 Å². The molecule has 0 bridgehead atoms. The number of hydrogen-bond acceptors (Lipinski definition) is 5. The van der Waals surface area contributed by atoms with Crippen LogP contribution in [0.25, 0.3) is 0 Å². The minimum atomic E-state index is -0.0349. The van der Waals surface area contributed by atoms with Gasteiger partial charge in [-0.3, -0.25) is 0 Å². The minimum absolute atomic E-state index is 0.0349. The summed E-state index contributed by atoms with van der Waals surface area (Å²) in [5.74, 6) is 2.91. The largest absolute Gasteiger partial charge is 0.339 e. The topological polar surface area (TPSA) is 64.9 Å². The third kappa shape index (κ3) is 2.18. The molecule has 1 saturated carbocycles. The van der Waals surface area contributed by atoms with Crippen molar-refractivity contribution in [1.82, 2.24) is 10.1 Å². The summed E-state index contributed by atoms with van der Waals surface area (Å²) in [4.78, 5) is 4.68. The number of aromatic nitrogens is 2. The predicted octanol–water partition coefficient (Wildman–Crippen LogP) is 2.80. The standard InChI is InChI=1S/C13H21N3OS/c14-9-13(6-2-1-3-7-13)12-15-11(16-17-12)10-5-4-8-18-10/h10H,1-9,14H2. The van der Waals surface area contributed by atoms with Crippen molar-refractivity contribution in [2.75, 3.05) is 12.3 Å². The van der Waals surface area contributed by atoms with Gasteiger partial charge in [-0.2, -0.15) is 16.7 Å². The van der Waals surface area contributed by atoms with E-state index in [2.05, 4.69) is 10.1 Å². The molecule has 0 radical (unpaired) electrons. The maximum Gasteiger partial charge on any atom is 0.234 e. The first-order valence-corrected chi connectivity index (χ1v) is 8.05. The number of rotatable bonds is 3. The van der Waals surface area contributed by atoms with Crippen LogP contribution in [0.5, 0.6) is 0 Å². The van der Waals surface area contributed by atoms with E-state index in [-0.39, 0.29) is 5.41 Å². The Kier molecular flexibility index (Phi) is 3.61. The van der Waals surface area contributed by atoms with Crippen molar-refractivity contribution in [3.05, 3.63) is 11.7 Å². The van der Waals surface area contributed by atoms with Crippen LogP contribution < -0.4 is 5.73 Å². The first-order chi connectivity index (χ1) is 8.84. The average molecular weight is 267 g/mol. The summed E-state index contributed by atoms with van der Waals surface area (Å²) >= 11 is 1.95. The highest BCUT2D eigenvalue weighted by molar-refractivity contribution is 7.99. The van der Waals surface area contributed by atoms with Crippen molar-refractivity contribution in [3.63, 3.8) is 0 Å². The van der Waals surface area contributed by atoms with Gasteiger partial charge in [-0.25, -0.2) is 0 Å². The zero-order valence-electron chi connectivity index (χ0n) is 10.7. The van der Waals surface area contributed by atoms with Crippen LogP contribution in [0.15, 0.2) is 4.52 Å². The molecule has 1 aromatic heterocycles. The third-order valence-corrected chi connectivity index (χ3v) is 5.69. The molecule has 1 saturated heterocycles. The highest BCUT2D eigenvalue weighted by Gasteiger charge is 2.38. The van der Waals surface area contributed by atoms with Crippen LogP contribution >= 0.6 is 11.8 Å². The lowest BCUT2D eigenvalue weighted by atomic mass is 9.74. The molecule has 3 rings (SSSR count). The van der Waals surface area contributed by atoms with Crippen LogP contribution in [0, 0.1) is 0 Å². The number of thioether (sulfide) groups is 1. The molecule has 18 heavy (non-hydrogen) atoms. The zero-order chi connectivity index (χ0) is 12.4. The van der Waals surface area contributed by atoms with E-state index in [0.29, 0.717) is 11.8 Å². The van der Waals surface area contributed by atoms with Crippen molar-refractivity contribution < 1.29 is 4.52 Å². The summed E-state index contributed by atoms with van der Waals surface area (Å²) in [5.41, 5.74) is 5.97. The molecule has 5 heteroatoms. The second-order valence-corrected chi connectivity index (χ2v) is 6.82. The fourth-order valence-electron chi connectivity index (χ4n) is 3.10. The van der Waals surface area contributed by atoms with E-state index < -0.39 is 0 Å². The molecule has 4 nitrogen and oxygen atoms in total. The lowest BCUT2D eigenvalue weighted by Crippen LogP contribution is -2.37. The third-order valence-electron chi connectivity index (χ3n) is 4.31. The van der Waals surface area contributed by atoms with Crippen LogP contribution in [0.2, 0.25) is 0 Å². The minimum Gasteiger partial charge on any atom is -0.339 e. The van der Waals surface area contributed by atoms with Gasteiger partial charge in [0.15, 0.2) is 5.82 Å². The normalized spacial score (nSPS) is 27.5. The molecule has 1 atom stereocenters. The number of hydrogen-bond donors (Lipinski definition) is 1. The van der Waals surface area contributed by atoms with Crippen LogP contribution in [0.1, 0.15) is 61.9 Å². The lowest BCUT2D eigenvalue weighted by molar-refractivity contribution is 0.219. The molecule has 1 aromatic rings. The summed E-state index contributed by atoms with van der Waals surface area (Å²) in [5, 5.41) is 4.65. The van der Waals surface area contributed by atoms with Gasteiger partial charge in [-0.05, 0) is 31.4 Å². The highest BCUT2D eigenvalue weighted by Crippen LogP contribution is 2.41. The Morgan fingerprint density at radius 1 is 1.28 bits per heavy atom. The van der Waals surface area contributed by atoms with Crippen molar-refractivity contribution >= 4 is 11.8 Å². The second-order valence-electron chi connectivity index (χ2n) is 5.50. The van der Waals surface area contributed by atoms with Crippen molar-refractivity contribution in [1.29, 1.82) is 0 Å². The van der Waals surface area contributed by atoms with E-state index in [9.17, 15) is 0 Å². The lowest BCUT2D eigenvalue weighted by Gasteiger charge is -2.32. The first-order valence-electron chi connectivity index (χ1n) is 7.00. The Bertz CT molecular complexity index is 395. The number of nitrogens with two attached hydrogens (primary N) is 1. The van der Waals surface area contributed by atoms with Gasteiger partial charge in [0.05, 0.1) is 10.7 Å². The summed E-state index contributed by atoms with van der Waals surface area (Å²) in [6, 6.07) is 0. The van der Waals surface area contributed by atoms with Crippen LogP contribution in [-0.4, -0.2) is 22.4 Å². The summed E-state index contributed by atoms with van der Waals surface area (Å²) in [6.07, 6.45) is 8.41. The molecule has 2 aliphatic rings. The predicted molar refractivity (Wildman–Crippen MR) is 72.5 cm³/mol. The maximum absolute atomic E-state index is 6.00. The molecule has 1 unspecified atom stereocenters. The molecule has 2 heterocycles. The van der Waals surface area contributed by atoms with E-state index in [1.807, 2.05) is 11.8 Å². The molecule has 0 spiro atoms. The quantitative estimate of drug-likeness (QED) is 0.912. The van der Waals surface area contributed by atoms with E-state index in [1.54, 1.807) is 0 Å². The van der Waals surface area contributed by atoms with Crippen LogP contribution in [0.3, 0.4) is 0 Å². The van der Waals surface area contributed by atoms with E-state index in [0.717, 1.165) is 24.6 Å². The number of nitrogens with zero attached hydrogens (tertiary/aromatic N) is 2. The van der Waals surface area contributed by atoms with Gasteiger partial charge in [0, 0.05) is 6.54 Å². The van der Waals surface area contributed by atoms with Gasteiger partial charge in [-0.1, -0.05) is 24.4 Å². The van der Waals surface area contributed by atoms with Crippen LogP contribution in [0.4, 0.5) is 0 Å². The molecule has 1 aliphatic heterocycles. The Morgan fingerprint density at radius 2 is 2.11 bits per heavy atom. The van der Waals surface area contributed by atoms with Gasteiger partial charge in [0.1, 0.15) is 0 Å². The molecule has 1 aliphatic carbocycles. The van der Waals surface area contributed by atoms with Gasteiger partial charge >= 0.3 is 0 Å². The van der Waals surface area contributed by atoms with Crippen molar-refractivity contribution in [3.8, 4) is 0 Å². The highest BCUT2D eigenvalue weighted by atomic mass is 32.2. The Morgan fingerprint density at radius 3 is 2.78 bits per heavy atom. The van der Waals surface area contributed by atoms with Crippen molar-refractivity contribution in [2.45, 2.75) is 55.6 Å². The molecule has 0 amide bonds. The van der Waals surface area contributed by atoms with E-state index >= 15 is 0 Å². The van der Waals surface area contributed by atoms with Gasteiger partial charge in [0.25, 0.3) is 0 Å². The van der Waals surface area contributed by atoms with Crippen LogP contribution in [-0.2, 0) is 5.41 Å². The molecular formula is C13H21N3OS. The van der Waals surface area contributed by atoms with E-state index in [1.165, 1.54) is 37.9 Å². The zero-order valence-corrected chi connectivity index (χ0v) is 11.5. The summed E-state index contributed by atoms with van der Waals surface area (Å²) in [6.45, 7) is 0.631. The molecular weight excluding hydrogens is 246 g/mol. The Balaban J connectivity index is 1.82. The second kappa shape index (κ2) is 5.21. The van der Waals surface area contributed by atoms with Gasteiger partial charge < -0.3 is 10.3 Å². The van der Waals surface area contributed by atoms with Gasteiger partial charge in [0.2, 0.25) is 5.89 Å². The smallest absolute Gasteiger partial charge is 0.234 e. The van der Waals surface area contributed by atoms with Crippen molar-refractivity contribution in [2.24, 2.45) is 5.73 Å². The molecule has 100 valence electrons. The first kappa shape index (κ1) is 12.5. The SMILES string of the molecule is NCC1(c2nc(C3CCCS3)no2)CCCCC1. The summed E-state index contributed by atoms with van der Waals surface area (Å²) < 4.78 is 5.56. The fourth-order valence-corrected chi connectivity index (χ4v) is 4.29. The summed E-state index contributed by atoms with van der Waals surface area (Å²) in [7, 11) is 0. The monoisotopic (exact) mass is 267 g/mol. The fraction of sp³-hybridized carbons (Fsp3) is 0.846. The molecule has 2 N–H and O–H groups in total. The Hall–Kier alpha value is -0.550.